The van der Waals surface area contributed by atoms with Crippen molar-refractivity contribution in [1.29, 1.82) is 0 Å². The van der Waals surface area contributed by atoms with Crippen LogP contribution in [0.15, 0.2) is 12.2 Å². The topological polar surface area (TPSA) is 29.5 Å². The zero-order valence-corrected chi connectivity index (χ0v) is 20.5. The van der Waals surface area contributed by atoms with Crippen molar-refractivity contribution >= 4 is 8.32 Å². The third-order valence-corrected chi connectivity index (χ3v) is 15.0. The van der Waals surface area contributed by atoms with Gasteiger partial charge in [0.05, 0.1) is 11.7 Å². The molecule has 0 aromatic rings. The van der Waals surface area contributed by atoms with Crippen LogP contribution in [0.25, 0.3) is 0 Å². The molecule has 1 N–H and O–H groups in total. The van der Waals surface area contributed by atoms with Crippen LogP contribution in [0.5, 0.6) is 0 Å². The number of hydrogen-bond donors (Lipinski definition) is 1. The van der Waals surface area contributed by atoms with Gasteiger partial charge in [-0.2, -0.15) is 0 Å². The lowest BCUT2D eigenvalue weighted by atomic mass is 9.45. The monoisotopic (exact) mass is 404 g/mol. The summed E-state index contributed by atoms with van der Waals surface area (Å²) in [6.07, 6.45) is 14.4. The van der Waals surface area contributed by atoms with Gasteiger partial charge < -0.3 is 9.53 Å². The minimum absolute atomic E-state index is 0.0738. The first-order valence-corrected chi connectivity index (χ1v) is 14.8. The molecule has 0 heterocycles. The van der Waals surface area contributed by atoms with Crippen molar-refractivity contribution in [1.82, 2.24) is 0 Å². The first-order valence-electron chi connectivity index (χ1n) is 11.9. The van der Waals surface area contributed by atoms with Crippen molar-refractivity contribution in [2.45, 2.75) is 116 Å². The molecule has 0 aliphatic heterocycles. The van der Waals surface area contributed by atoms with Gasteiger partial charge >= 0.3 is 0 Å². The van der Waals surface area contributed by atoms with Gasteiger partial charge in [0.15, 0.2) is 8.32 Å². The quantitative estimate of drug-likeness (QED) is 0.410. The van der Waals surface area contributed by atoms with E-state index in [-0.39, 0.29) is 10.5 Å². The Morgan fingerprint density at radius 3 is 2.36 bits per heavy atom. The Balaban J connectivity index is 1.58. The molecule has 4 rings (SSSR count). The molecule has 6 unspecified atom stereocenters. The summed E-state index contributed by atoms with van der Waals surface area (Å²) in [6.45, 7) is 16.9. The molecule has 4 aliphatic carbocycles. The number of allylic oxidation sites excluding steroid dienone is 1. The van der Waals surface area contributed by atoms with Gasteiger partial charge in [-0.3, -0.25) is 0 Å². The molecule has 0 spiro atoms. The Morgan fingerprint density at radius 1 is 0.964 bits per heavy atom. The van der Waals surface area contributed by atoms with E-state index in [1.165, 1.54) is 32.1 Å². The average molecular weight is 405 g/mol. The molecular formula is C25H44O2Si. The van der Waals surface area contributed by atoms with Crippen LogP contribution in [0.3, 0.4) is 0 Å². The standard InChI is InChI=1S/C25H44O2Si/c1-22(2,3)28(6,7)27-21-11-10-19-18-12-17-25(26)15-9-8-14-24(25,5)20(18)13-16-23(19,21)4/h9,15,18-21,26H,8,10-14,16-17H2,1-7H3/t18?,19?,20?,21?,23?,24?,25-/m0/s1. The molecule has 0 bridgehead atoms. The summed E-state index contributed by atoms with van der Waals surface area (Å²) in [7, 11) is -1.74. The second-order valence-corrected chi connectivity index (χ2v) is 17.4. The molecule has 160 valence electrons. The van der Waals surface area contributed by atoms with Crippen LogP contribution in [0.2, 0.25) is 18.1 Å². The van der Waals surface area contributed by atoms with E-state index >= 15 is 0 Å². The van der Waals surface area contributed by atoms with E-state index in [1.807, 2.05) is 0 Å². The Kier molecular flexibility index (Phi) is 4.86. The molecule has 3 fully saturated rings. The van der Waals surface area contributed by atoms with Crippen molar-refractivity contribution < 1.29 is 9.53 Å². The fourth-order valence-corrected chi connectivity index (χ4v) is 8.94. The van der Waals surface area contributed by atoms with Gasteiger partial charge in [0.1, 0.15) is 0 Å². The summed E-state index contributed by atoms with van der Waals surface area (Å²) < 4.78 is 7.05. The normalized spacial score (nSPS) is 48.7. The predicted molar refractivity (Wildman–Crippen MR) is 120 cm³/mol. The largest absolute Gasteiger partial charge is 0.413 e. The maximum atomic E-state index is 11.5. The van der Waals surface area contributed by atoms with Crippen LogP contribution < -0.4 is 0 Å². The maximum Gasteiger partial charge on any atom is 0.192 e. The molecule has 0 radical (unpaired) electrons. The minimum atomic E-state index is -1.74. The third-order valence-electron chi connectivity index (χ3n) is 10.5. The molecule has 0 aromatic heterocycles. The molecule has 0 aromatic carbocycles. The summed E-state index contributed by atoms with van der Waals surface area (Å²) in [5.41, 5.74) is -0.146. The van der Waals surface area contributed by atoms with Crippen LogP contribution in [-0.4, -0.2) is 25.1 Å². The second kappa shape index (κ2) is 6.44. The number of rotatable bonds is 2. The number of hydrogen-bond acceptors (Lipinski definition) is 2. The van der Waals surface area contributed by atoms with E-state index in [9.17, 15) is 5.11 Å². The molecule has 7 atom stereocenters. The smallest absolute Gasteiger partial charge is 0.192 e. The highest BCUT2D eigenvalue weighted by molar-refractivity contribution is 6.74. The van der Waals surface area contributed by atoms with Crippen LogP contribution in [0.1, 0.15) is 86.0 Å². The van der Waals surface area contributed by atoms with Crippen LogP contribution in [0, 0.1) is 28.6 Å². The first kappa shape index (κ1) is 21.1. The summed E-state index contributed by atoms with van der Waals surface area (Å²) in [4.78, 5) is 0. The van der Waals surface area contributed by atoms with Crippen LogP contribution in [0.4, 0.5) is 0 Å². The summed E-state index contributed by atoms with van der Waals surface area (Å²) in [6, 6.07) is 0. The Hall–Kier alpha value is -0.123. The molecule has 0 saturated heterocycles. The zero-order valence-electron chi connectivity index (χ0n) is 19.5. The van der Waals surface area contributed by atoms with E-state index in [1.54, 1.807) is 0 Å². The fraction of sp³-hybridized carbons (Fsp3) is 0.920. The van der Waals surface area contributed by atoms with Crippen molar-refractivity contribution in [2.24, 2.45) is 28.6 Å². The van der Waals surface area contributed by atoms with Gasteiger partial charge in [0, 0.05) is 5.41 Å². The van der Waals surface area contributed by atoms with E-state index in [4.69, 9.17) is 4.43 Å². The second-order valence-electron chi connectivity index (χ2n) is 12.7. The molecular weight excluding hydrogens is 360 g/mol. The maximum absolute atomic E-state index is 11.5. The number of fused-ring (bicyclic) bond motifs is 5. The SMILES string of the molecule is CC12CCC3C(CC[C@@]4(O)C=CCCC34C)C1CCC2O[Si](C)(C)C(C)(C)C. The average Bonchev–Trinajstić information content (AvgIpc) is 2.90. The van der Waals surface area contributed by atoms with E-state index in [0.29, 0.717) is 17.4 Å². The number of aliphatic hydroxyl groups is 1. The Bertz CT molecular complexity index is 649. The summed E-state index contributed by atoms with van der Waals surface area (Å²) in [5.74, 6) is 2.25. The van der Waals surface area contributed by atoms with E-state index in [0.717, 1.165) is 31.1 Å². The first-order chi connectivity index (χ1) is 12.8. The lowest BCUT2D eigenvalue weighted by Crippen LogP contribution is -2.60. The fourth-order valence-electron chi connectivity index (χ4n) is 7.49. The lowest BCUT2D eigenvalue weighted by Gasteiger charge is -2.62. The Morgan fingerprint density at radius 2 is 1.68 bits per heavy atom. The van der Waals surface area contributed by atoms with Gasteiger partial charge in [-0.25, -0.2) is 0 Å². The van der Waals surface area contributed by atoms with Crippen molar-refractivity contribution in [3.8, 4) is 0 Å². The summed E-state index contributed by atoms with van der Waals surface area (Å²) >= 11 is 0. The van der Waals surface area contributed by atoms with Crippen molar-refractivity contribution in [2.75, 3.05) is 0 Å². The third kappa shape index (κ3) is 2.86. The van der Waals surface area contributed by atoms with Crippen LogP contribution >= 0.6 is 0 Å². The Labute approximate surface area is 174 Å². The predicted octanol–water partition coefficient (Wildman–Crippen LogP) is 6.70. The molecule has 28 heavy (non-hydrogen) atoms. The highest BCUT2D eigenvalue weighted by atomic mass is 28.4. The summed E-state index contributed by atoms with van der Waals surface area (Å²) in [5, 5.41) is 11.8. The highest BCUT2D eigenvalue weighted by Crippen LogP contribution is 2.67. The molecule has 2 nitrogen and oxygen atoms in total. The van der Waals surface area contributed by atoms with Gasteiger partial charge in [-0.1, -0.05) is 46.8 Å². The van der Waals surface area contributed by atoms with Gasteiger partial charge in [0.25, 0.3) is 0 Å². The molecule has 3 heteroatoms. The highest BCUT2D eigenvalue weighted by Gasteiger charge is 2.63. The van der Waals surface area contributed by atoms with Gasteiger partial charge in [0.2, 0.25) is 0 Å². The van der Waals surface area contributed by atoms with Crippen LogP contribution in [-0.2, 0) is 4.43 Å². The molecule has 4 aliphatic rings. The lowest BCUT2D eigenvalue weighted by molar-refractivity contribution is -0.172. The van der Waals surface area contributed by atoms with Gasteiger partial charge in [-0.05, 0) is 92.7 Å². The van der Waals surface area contributed by atoms with E-state index in [2.05, 4.69) is 59.9 Å². The van der Waals surface area contributed by atoms with E-state index < -0.39 is 13.9 Å². The van der Waals surface area contributed by atoms with Crippen molar-refractivity contribution in [3.63, 3.8) is 0 Å². The minimum Gasteiger partial charge on any atom is -0.413 e. The zero-order chi connectivity index (χ0) is 20.6. The molecule has 3 saturated carbocycles. The molecule has 0 amide bonds. The van der Waals surface area contributed by atoms with Gasteiger partial charge in [-0.15, -0.1) is 0 Å². The van der Waals surface area contributed by atoms with Crippen molar-refractivity contribution in [3.05, 3.63) is 12.2 Å².